The van der Waals surface area contributed by atoms with Crippen LogP contribution in [-0.4, -0.2) is 26.2 Å². The molecule has 4 rings (SSSR count). The van der Waals surface area contributed by atoms with Gasteiger partial charge in [-0.2, -0.15) is 0 Å². The van der Waals surface area contributed by atoms with Crippen molar-refractivity contribution in [3.05, 3.63) is 102 Å². The van der Waals surface area contributed by atoms with Crippen LogP contribution in [0.3, 0.4) is 0 Å². The number of rotatable bonds is 5. The number of phenolic OH excluding ortho intramolecular Hbond substituents is 1. The monoisotopic (exact) mass is 382 g/mol. The normalized spacial score (nSPS) is 11.4. The maximum Gasteiger partial charge on any atom is 0.329 e. The van der Waals surface area contributed by atoms with E-state index in [0.717, 1.165) is 22.9 Å². The van der Waals surface area contributed by atoms with E-state index in [1.165, 1.54) is 6.07 Å². The first kappa shape index (κ1) is 18.3. The Bertz CT molecular complexity index is 1120. The number of para-hydroxylation sites is 1. The molecule has 0 atom stereocenters. The van der Waals surface area contributed by atoms with Crippen molar-refractivity contribution in [3.8, 4) is 28.3 Å². The molecule has 0 bridgehead atoms. The van der Waals surface area contributed by atoms with Crippen LogP contribution in [0.25, 0.3) is 28.1 Å². The fourth-order valence-corrected chi connectivity index (χ4v) is 3.22. The number of aromatic hydroxyl groups is 1. The van der Waals surface area contributed by atoms with E-state index >= 15 is 0 Å². The lowest BCUT2D eigenvalue weighted by Crippen LogP contribution is -1.97. The fraction of sp³-hybridized carbons (Fsp3) is 0. The van der Waals surface area contributed by atoms with Gasteiger partial charge in [-0.1, -0.05) is 78.9 Å². The zero-order chi connectivity index (χ0) is 20.2. The predicted octanol–water partition coefficient (Wildman–Crippen LogP) is 4.97. The molecule has 0 aliphatic heterocycles. The highest BCUT2D eigenvalue weighted by molar-refractivity contribution is 5.96. The topological polar surface area (TPSA) is 86.2 Å². The quantitative estimate of drug-likeness (QED) is 0.426. The van der Waals surface area contributed by atoms with Crippen LogP contribution in [-0.2, 0) is 4.79 Å². The Morgan fingerprint density at radius 1 is 0.828 bits per heavy atom. The molecule has 1 heterocycles. The molecular formula is C24H18N2O3. The number of nitrogens with one attached hydrogen (secondary N) is 1. The lowest BCUT2D eigenvalue weighted by Gasteiger charge is -2.06. The summed E-state index contributed by atoms with van der Waals surface area (Å²) in [5.74, 6) is -0.771. The molecule has 3 aromatic carbocycles. The lowest BCUT2D eigenvalue weighted by atomic mass is 10.0. The largest absolute Gasteiger partial charge is 0.507 e. The van der Waals surface area contributed by atoms with Gasteiger partial charge in [-0.3, -0.25) is 0 Å². The predicted molar refractivity (Wildman–Crippen MR) is 112 cm³/mol. The second-order valence-electron chi connectivity index (χ2n) is 6.45. The summed E-state index contributed by atoms with van der Waals surface area (Å²) in [5, 5.41) is 19.7. The zero-order valence-corrected chi connectivity index (χ0v) is 15.4. The minimum atomic E-state index is -1.12. The molecule has 29 heavy (non-hydrogen) atoms. The van der Waals surface area contributed by atoms with Crippen molar-refractivity contribution >= 4 is 11.5 Å². The van der Waals surface area contributed by atoms with E-state index < -0.39 is 5.97 Å². The number of phenols is 1. The van der Waals surface area contributed by atoms with Crippen LogP contribution in [0, 0.1) is 0 Å². The van der Waals surface area contributed by atoms with Crippen LogP contribution in [0.15, 0.2) is 91.0 Å². The molecule has 0 spiro atoms. The van der Waals surface area contributed by atoms with Crippen LogP contribution in [0.1, 0.15) is 11.4 Å². The highest BCUT2D eigenvalue weighted by Crippen LogP contribution is 2.35. The summed E-state index contributed by atoms with van der Waals surface area (Å²) in [6.45, 7) is 0. The van der Waals surface area contributed by atoms with Crippen molar-refractivity contribution in [1.82, 2.24) is 9.97 Å². The van der Waals surface area contributed by atoms with Crippen molar-refractivity contribution in [2.24, 2.45) is 0 Å². The number of benzene rings is 3. The van der Waals surface area contributed by atoms with Gasteiger partial charge in [0.05, 0.1) is 11.4 Å². The van der Waals surface area contributed by atoms with Crippen molar-refractivity contribution < 1.29 is 15.0 Å². The van der Waals surface area contributed by atoms with Gasteiger partial charge in [0.1, 0.15) is 11.6 Å². The molecule has 0 saturated carbocycles. The fourth-order valence-electron chi connectivity index (χ4n) is 3.22. The average Bonchev–Trinajstić information content (AvgIpc) is 3.19. The maximum atomic E-state index is 11.5. The van der Waals surface area contributed by atoms with E-state index in [9.17, 15) is 15.0 Å². The summed E-state index contributed by atoms with van der Waals surface area (Å²) in [4.78, 5) is 19.5. The first-order chi connectivity index (χ1) is 14.1. The van der Waals surface area contributed by atoms with Gasteiger partial charge in [0.15, 0.2) is 0 Å². The smallest absolute Gasteiger partial charge is 0.329 e. The third-order valence-corrected chi connectivity index (χ3v) is 4.53. The number of carboxylic acids is 1. The van der Waals surface area contributed by atoms with Crippen LogP contribution < -0.4 is 0 Å². The third kappa shape index (κ3) is 3.80. The zero-order valence-electron chi connectivity index (χ0n) is 15.4. The summed E-state index contributed by atoms with van der Waals surface area (Å²) >= 11 is 0. The standard InChI is InChI=1S/C24H18N2O3/c27-20-14-8-7-13-18(20)19(15-21(28)29)24-25-22(16-9-3-1-4-10-16)23(26-24)17-11-5-2-6-12-17/h1-15,27H,(H,25,26)(H,28,29). The second kappa shape index (κ2) is 7.86. The number of nitrogens with zero attached hydrogens (tertiary/aromatic N) is 1. The highest BCUT2D eigenvalue weighted by atomic mass is 16.4. The second-order valence-corrected chi connectivity index (χ2v) is 6.45. The molecule has 1 aromatic heterocycles. The molecule has 0 aliphatic carbocycles. The Morgan fingerprint density at radius 3 is 2.03 bits per heavy atom. The SMILES string of the molecule is O=C(O)C=C(c1nc(-c2ccccc2)c(-c2ccccc2)[nH]1)c1ccccc1O. The summed E-state index contributed by atoms with van der Waals surface area (Å²) in [5.41, 5.74) is 4.01. The first-order valence-corrected chi connectivity index (χ1v) is 9.07. The highest BCUT2D eigenvalue weighted by Gasteiger charge is 2.19. The first-order valence-electron chi connectivity index (χ1n) is 9.07. The molecule has 5 heteroatoms. The number of hydrogen-bond donors (Lipinski definition) is 3. The molecule has 0 saturated heterocycles. The van der Waals surface area contributed by atoms with E-state index in [-0.39, 0.29) is 5.75 Å². The Kier molecular flexibility index (Phi) is 4.95. The van der Waals surface area contributed by atoms with E-state index in [0.29, 0.717) is 22.7 Å². The maximum absolute atomic E-state index is 11.5. The van der Waals surface area contributed by atoms with E-state index in [4.69, 9.17) is 4.98 Å². The van der Waals surface area contributed by atoms with Gasteiger partial charge < -0.3 is 15.2 Å². The van der Waals surface area contributed by atoms with Crippen LogP contribution in [0.4, 0.5) is 0 Å². The minimum Gasteiger partial charge on any atom is -0.507 e. The van der Waals surface area contributed by atoms with Gasteiger partial charge in [-0.15, -0.1) is 0 Å². The summed E-state index contributed by atoms with van der Waals surface area (Å²) < 4.78 is 0. The molecule has 0 unspecified atom stereocenters. The van der Waals surface area contributed by atoms with E-state index in [1.807, 2.05) is 60.7 Å². The molecule has 3 N–H and O–H groups in total. The van der Waals surface area contributed by atoms with E-state index in [1.54, 1.807) is 18.2 Å². The Morgan fingerprint density at radius 2 is 1.41 bits per heavy atom. The molecule has 0 radical (unpaired) electrons. The number of aromatic amines is 1. The molecule has 4 aromatic rings. The van der Waals surface area contributed by atoms with Gasteiger partial charge >= 0.3 is 5.97 Å². The summed E-state index contributed by atoms with van der Waals surface area (Å²) in [6, 6.07) is 26.0. The molecule has 0 fully saturated rings. The lowest BCUT2D eigenvalue weighted by molar-refractivity contribution is -0.131. The minimum absolute atomic E-state index is 0.0149. The number of carboxylic acid groups (broad SMARTS) is 1. The van der Waals surface area contributed by atoms with Crippen LogP contribution in [0.5, 0.6) is 5.75 Å². The van der Waals surface area contributed by atoms with Crippen LogP contribution in [0.2, 0.25) is 0 Å². The molecule has 0 aliphatic rings. The van der Waals surface area contributed by atoms with Gasteiger partial charge in [-0.05, 0) is 6.07 Å². The van der Waals surface area contributed by atoms with E-state index in [2.05, 4.69) is 4.98 Å². The Hall–Kier alpha value is -4.12. The number of imidazole rings is 1. The Balaban J connectivity index is 1.95. The van der Waals surface area contributed by atoms with Gasteiger partial charge in [0.25, 0.3) is 0 Å². The van der Waals surface area contributed by atoms with Gasteiger partial charge in [-0.25, -0.2) is 9.78 Å². The number of carbonyl (C=O) groups is 1. The number of aliphatic carboxylic acids is 1. The third-order valence-electron chi connectivity index (χ3n) is 4.53. The van der Waals surface area contributed by atoms with Crippen molar-refractivity contribution in [2.45, 2.75) is 0 Å². The Labute approximate surface area is 167 Å². The van der Waals surface area contributed by atoms with Crippen LogP contribution >= 0.6 is 0 Å². The molecular weight excluding hydrogens is 364 g/mol. The number of hydrogen-bond acceptors (Lipinski definition) is 3. The molecule has 5 nitrogen and oxygen atoms in total. The molecule has 142 valence electrons. The molecule has 0 amide bonds. The van der Waals surface area contributed by atoms with Crippen molar-refractivity contribution in [1.29, 1.82) is 0 Å². The van der Waals surface area contributed by atoms with Crippen molar-refractivity contribution in [2.75, 3.05) is 0 Å². The summed E-state index contributed by atoms with van der Waals surface area (Å²) in [7, 11) is 0. The number of aromatic nitrogens is 2. The van der Waals surface area contributed by atoms with Crippen molar-refractivity contribution in [3.63, 3.8) is 0 Å². The summed E-state index contributed by atoms with van der Waals surface area (Å²) in [6.07, 6.45) is 1.05. The van der Waals surface area contributed by atoms with Gasteiger partial charge in [0.2, 0.25) is 0 Å². The van der Waals surface area contributed by atoms with Gasteiger partial charge in [0, 0.05) is 28.3 Å². The number of H-pyrrole nitrogens is 1. The average molecular weight is 382 g/mol.